The van der Waals surface area contributed by atoms with Crippen molar-refractivity contribution in [1.29, 1.82) is 0 Å². The van der Waals surface area contributed by atoms with Crippen LogP contribution >= 0.6 is 7.37 Å². The minimum atomic E-state index is -3.29. The number of hydrogen-bond donors (Lipinski definition) is 0. The topological polar surface area (TPSA) is 39.2 Å². The molecule has 4 rings (SSSR count). The van der Waals surface area contributed by atoms with Gasteiger partial charge in [0.2, 0.25) is 0 Å². The highest BCUT2D eigenvalue weighted by Gasteiger charge is 2.30. The predicted octanol–water partition coefficient (Wildman–Crippen LogP) is 4.54. The summed E-state index contributed by atoms with van der Waals surface area (Å²) in [6.07, 6.45) is 1.71. The first-order chi connectivity index (χ1) is 12.3. The van der Waals surface area contributed by atoms with Crippen LogP contribution in [0.25, 0.3) is 10.9 Å². The number of nitrogens with zero attached hydrogens (tertiary/aromatic N) is 1. The maximum Gasteiger partial charge on any atom is 0.306 e. The Bertz CT molecular complexity index is 1000. The van der Waals surface area contributed by atoms with E-state index in [-0.39, 0.29) is 0 Å². The van der Waals surface area contributed by atoms with Crippen molar-refractivity contribution in [3.05, 3.63) is 97.2 Å². The van der Waals surface area contributed by atoms with Gasteiger partial charge in [-0.15, -0.1) is 0 Å². The fourth-order valence-electron chi connectivity index (χ4n) is 2.79. The number of hydrogen-bond acceptors (Lipinski definition) is 3. The van der Waals surface area contributed by atoms with E-state index >= 15 is 0 Å². The summed E-state index contributed by atoms with van der Waals surface area (Å²) in [6, 6.07) is 28.1. The minimum Gasteiger partial charge on any atom is -0.435 e. The summed E-state index contributed by atoms with van der Waals surface area (Å²) < 4.78 is 20.2. The largest absolute Gasteiger partial charge is 0.435 e. The van der Waals surface area contributed by atoms with Gasteiger partial charge in [-0.2, -0.15) is 0 Å². The molecule has 0 fully saturated rings. The second-order valence-corrected chi connectivity index (χ2v) is 7.96. The van der Waals surface area contributed by atoms with Gasteiger partial charge in [0.25, 0.3) is 0 Å². The van der Waals surface area contributed by atoms with Gasteiger partial charge in [0.1, 0.15) is 5.52 Å². The van der Waals surface area contributed by atoms with Gasteiger partial charge < -0.3 is 4.52 Å². The highest BCUT2D eigenvalue weighted by Crippen LogP contribution is 2.46. The molecule has 0 amide bonds. The number of rotatable bonds is 4. The molecule has 0 saturated heterocycles. The normalized spacial score (nSPS) is 11.4. The molecule has 0 bridgehead atoms. The van der Waals surface area contributed by atoms with Crippen LogP contribution in [0.5, 0.6) is 5.75 Å². The van der Waals surface area contributed by atoms with Crippen molar-refractivity contribution in [3.8, 4) is 5.75 Å². The summed E-state index contributed by atoms with van der Waals surface area (Å²) in [5.74, 6) is 0.522. The summed E-state index contributed by atoms with van der Waals surface area (Å²) in [4.78, 5) is 4.41. The van der Waals surface area contributed by atoms with Crippen molar-refractivity contribution in [2.45, 2.75) is 0 Å². The van der Waals surface area contributed by atoms with Crippen LogP contribution in [-0.2, 0) is 4.57 Å². The number of fused-ring (bicyclic) bond motifs is 1. The Morgan fingerprint density at radius 2 is 1.28 bits per heavy atom. The Labute approximate surface area is 146 Å². The van der Waals surface area contributed by atoms with Gasteiger partial charge in [0, 0.05) is 11.6 Å². The molecule has 1 aromatic heterocycles. The minimum absolute atomic E-state index is 0.522. The lowest BCUT2D eigenvalue weighted by Gasteiger charge is -2.21. The molecule has 0 N–H and O–H groups in total. The van der Waals surface area contributed by atoms with Crippen molar-refractivity contribution in [2.75, 3.05) is 0 Å². The quantitative estimate of drug-likeness (QED) is 0.510. The van der Waals surface area contributed by atoms with E-state index < -0.39 is 7.37 Å². The summed E-state index contributed by atoms with van der Waals surface area (Å²) in [6.45, 7) is 0. The van der Waals surface area contributed by atoms with Crippen molar-refractivity contribution in [3.63, 3.8) is 0 Å². The maximum absolute atomic E-state index is 14.0. The van der Waals surface area contributed by atoms with Gasteiger partial charge in [-0.05, 0) is 36.4 Å². The zero-order valence-corrected chi connectivity index (χ0v) is 14.3. The van der Waals surface area contributed by atoms with E-state index in [4.69, 9.17) is 4.52 Å². The van der Waals surface area contributed by atoms with Crippen LogP contribution < -0.4 is 15.1 Å². The molecule has 0 atom stereocenters. The van der Waals surface area contributed by atoms with Crippen molar-refractivity contribution in [1.82, 2.24) is 4.98 Å². The van der Waals surface area contributed by atoms with E-state index in [1.54, 1.807) is 6.20 Å². The van der Waals surface area contributed by atoms with Crippen LogP contribution in [-0.4, -0.2) is 4.98 Å². The predicted molar refractivity (Wildman–Crippen MR) is 102 cm³/mol. The molecule has 25 heavy (non-hydrogen) atoms. The van der Waals surface area contributed by atoms with Gasteiger partial charge in [0.05, 0.1) is 10.6 Å². The lowest BCUT2D eigenvalue weighted by molar-refractivity contribution is 0.505. The molecule has 0 aliphatic carbocycles. The SMILES string of the molecule is O=P(Oc1cccc2cccnc12)(c1ccccc1)c1ccccc1. The second kappa shape index (κ2) is 6.54. The summed E-state index contributed by atoms with van der Waals surface area (Å²) in [7, 11) is -3.29. The van der Waals surface area contributed by atoms with E-state index in [0.717, 1.165) is 5.39 Å². The fraction of sp³-hybridized carbons (Fsp3) is 0. The smallest absolute Gasteiger partial charge is 0.306 e. The Balaban J connectivity index is 1.89. The molecule has 0 saturated carbocycles. The number of benzene rings is 3. The van der Waals surface area contributed by atoms with E-state index in [1.165, 1.54) is 0 Å². The van der Waals surface area contributed by atoms with Gasteiger partial charge in [0.15, 0.2) is 5.75 Å². The Hall–Kier alpha value is -2.90. The second-order valence-electron chi connectivity index (χ2n) is 5.65. The molecule has 0 radical (unpaired) electrons. The molecule has 122 valence electrons. The van der Waals surface area contributed by atoms with E-state index in [2.05, 4.69) is 4.98 Å². The van der Waals surface area contributed by atoms with Gasteiger partial charge >= 0.3 is 7.37 Å². The van der Waals surface area contributed by atoms with Crippen LogP contribution in [0.4, 0.5) is 0 Å². The molecular formula is C21H16NO2P. The Kier molecular flexibility index (Phi) is 4.09. The molecule has 0 aliphatic rings. The van der Waals surface area contributed by atoms with Crippen molar-refractivity contribution >= 4 is 28.9 Å². The third-order valence-electron chi connectivity index (χ3n) is 4.01. The van der Waals surface area contributed by atoms with Crippen LogP contribution in [0.3, 0.4) is 0 Å². The van der Waals surface area contributed by atoms with Crippen LogP contribution in [0.1, 0.15) is 0 Å². The molecule has 4 aromatic rings. The molecule has 0 aliphatic heterocycles. The average molecular weight is 345 g/mol. The maximum atomic E-state index is 14.0. The average Bonchev–Trinajstić information content (AvgIpc) is 2.69. The lowest BCUT2D eigenvalue weighted by Crippen LogP contribution is -2.20. The van der Waals surface area contributed by atoms with Gasteiger partial charge in [-0.3, -0.25) is 9.55 Å². The molecule has 3 aromatic carbocycles. The summed E-state index contributed by atoms with van der Waals surface area (Å²) >= 11 is 0. The molecule has 1 heterocycles. The highest BCUT2D eigenvalue weighted by molar-refractivity contribution is 7.74. The molecular weight excluding hydrogens is 329 g/mol. The van der Waals surface area contributed by atoms with Crippen molar-refractivity contribution in [2.24, 2.45) is 0 Å². The fourth-order valence-corrected chi connectivity index (χ4v) is 4.85. The highest BCUT2D eigenvalue weighted by atomic mass is 31.2. The Morgan fingerprint density at radius 3 is 1.92 bits per heavy atom. The third-order valence-corrected chi connectivity index (χ3v) is 6.42. The van der Waals surface area contributed by atoms with Crippen LogP contribution in [0.2, 0.25) is 0 Å². The summed E-state index contributed by atoms with van der Waals surface area (Å²) in [5, 5.41) is 2.27. The van der Waals surface area contributed by atoms with Crippen molar-refractivity contribution < 1.29 is 9.09 Å². The van der Waals surface area contributed by atoms with E-state index in [1.807, 2.05) is 91.0 Å². The first-order valence-electron chi connectivity index (χ1n) is 8.02. The van der Waals surface area contributed by atoms with Crippen LogP contribution in [0.15, 0.2) is 97.2 Å². The summed E-state index contributed by atoms with van der Waals surface area (Å²) in [5.41, 5.74) is 0.706. The zero-order chi connectivity index (χ0) is 17.1. The van der Waals surface area contributed by atoms with E-state index in [9.17, 15) is 4.57 Å². The number of para-hydroxylation sites is 1. The molecule has 0 unspecified atom stereocenters. The first-order valence-corrected chi connectivity index (χ1v) is 9.64. The lowest BCUT2D eigenvalue weighted by atomic mass is 10.2. The van der Waals surface area contributed by atoms with Crippen LogP contribution in [0, 0.1) is 0 Å². The standard InChI is InChI=1S/C21H16NO2P/c23-25(18-11-3-1-4-12-18,19-13-5-2-6-14-19)24-20-15-7-9-17-10-8-16-22-21(17)20/h1-16H. The molecule has 0 spiro atoms. The molecule has 4 heteroatoms. The first kappa shape index (κ1) is 15.6. The molecule has 3 nitrogen and oxygen atoms in total. The number of aromatic nitrogens is 1. The number of pyridine rings is 1. The van der Waals surface area contributed by atoms with E-state index in [0.29, 0.717) is 21.9 Å². The monoisotopic (exact) mass is 345 g/mol. The zero-order valence-electron chi connectivity index (χ0n) is 13.4. The third kappa shape index (κ3) is 2.95. The van der Waals surface area contributed by atoms with Gasteiger partial charge in [-0.1, -0.05) is 54.6 Å². The van der Waals surface area contributed by atoms with Gasteiger partial charge in [-0.25, -0.2) is 0 Å². The Morgan fingerprint density at radius 1 is 0.680 bits per heavy atom.